The van der Waals surface area contributed by atoms with Crippen molar-refractivity contribution in [2.24, 2.45) is 5.11 Å². The van der Waals surface area contributed by atoms with E-state index in [-0.39, 0.29) is 0 Å². The Hall–Kier alpha value is -1.29. The van der Waals surface area contributed by atoms with E-state index < -0.39 is 112 Å². The quantitative estimate of drug-likeness (QED) is 0.0794. The number of ether oxygens (including phenoxy) is 5. The topological polar surface area (TPSA) is 297 Å². The van der Waals surface area contributed by atoms with Crippen LogP contribution < -0.4 is 0 Å². The second kappa shape index (κ2) is 12.5. The van der Waals surface area contributed by atoms with Gasteiger partial charge in [0.1, 0.15) is 73.2 Å². The van der Waals surface area contributed by atoms with Crippen molar-refractivity contribution in [2.75, 3.05) is 19.8 Å². The SMILES string of the molecule is [N-]=[N+]=NC1OC(CO)C(OC2OC(CO)C(OC3OC(CO)C(O)C(O)C3O)C(O)C2O)C(O)C1O. The number of nitrogens with zero attached hydrogens (tertiary/aromatic N) is 3. The fraction of sp³-hybridized carbons (Fsp3) is 1.00. The van der Waals surface area contributed by atoms with Gasteiger partial charge in [0.2, 0.25) is 0 Å². The summed E-state index contributed by atoms with van der Waals surface area (Å²) in [5, 5.41) is 104. The molecular formula is C18H31N3O15. The maximum atomic E-state index is 10.7. The first-order valence-electron chi connectivity index (χ1n) is 11.0. The van der Waals surface area contributed by atoms with Gasteiger partial charge in [0.25, 0.3) is 0 Å². The molecule has 3 rings (SSSR count). The first kappa shape index (κ1) is 29.3. The molecule has 3 aliphatic heterocycles. The zero-order chi connectivity index (χ0) is 26.7. The van der Waals surface area contributed by atoms with Gasteiger partial charge < -0.3 is 74.7 Å². The number of rotatable bonds is 8. The normalized spacial score (nSPS) is 49.9. The molecule has 0 amide bonds. The molecule has 18 nitrogen and oxygen atoms in total. The van der Waals surface area contributed by atoms with Crippen molar-refractivity contribution in [3.05, 3.63) is 10.4 Å². The van der Waals surface area contributed by atoms with Crippen molar-refractivity contribution in [2.45, 2.75) is 92.1 Å². The van der Waals surface area contributed by atoms with Gasteiger partial charge in [-0.2, -0.15) is 0 Å². The molecule has 3 heterocycles. The van der Waals surface area contributed by atoms with E-state index in [2.05, 4.69) is 10.0 Å². The number of hydrogen-bond donors (Lipinski definition) is 10. The molecule has 0 aromatic rings. The Morgan fingerprint density at radius 2 is 1.03 bits per heavy atom. The summed E-state index contributed by atoms with van der Waals surface area (Å²) in [5.74, 6) is 0. The molecule has 18 heteroatoms. The van der Waals surface area contributed by atoms with Gasteiger partial charge in [0.05, 0.1) is 19.8 Å². The molecule has 3 saturated heterocycles. The summed E-state index contributed by atoms with van der Waals surface area (Å²) in [7, 11) is 0. The summed E-state index contributed by atoms with van der Waals surface area (Å²) in [6.45, 7) is -2.36. The Balaban J connectivity index is 1.72. The minimum atomic E-state index is -1.93. The van der Waals surface area contributed by atoms with Crippen LogP contribution >= 0.6 is 0 Å². The standard InChI is InChI=1S/C18H31N3O15/c19-21-20-16-11(29)9(27)14(5(2-23)32-16)35-18-13(31)10(28)15(6(3-24)34-18)36-17-12(30)8(26)7(25)4(1-22)33-17/h4-18,22-31H,1-3H2. The predicted octanol–water partition coefficient (Wildman–Crippen LogP) is -6.25. The molecule has 36 heavy (non-hydrogen) atoms. The van der Waals surface area contributed by atoms with Crippen molar-refractivity contribution in [3.8, 4) is 0 Å². The van der Waals surface area contributed by atoms with Crippen LogP contribution in [-0.2, 0) is 23.7 Å². The molecule has 3 fully saturated rings. The van der Waals surface area contributed by atoms with Crippen LogP contribution in [0.4, 0.5) is 0 Å². The molecule has 208 valence electrons. The van der Waals surface area contributed by atoms with E-state index in [0.717, 1.165) is 0 Å². The van der Waals surface area contributed by atoms with Gasteiger partial charge in [0.15, 0.2) is 18.8 Å². The second-order valence-electron chi connectivity index (χ2n) is 8.54. The Morgan fingerprint density at radius 1 is 0.583 bits per heavy atom. The zero-order valence-electron chi connectivity index (χ0n) is 18.6. The lowest BCUT2D eigenvalue weighted by molar-refractivity contribution is -0.372. The highest BCUT2D eigenvalue weighted by atomic mass is 16.7. The third-order valence-corrected chi connectivity index (χ3v) is 6.26. The van der Waals surface area contributed by atoms with Crippen molar-refractivity contribution >= 4 is 0 Å². The summed E-state index contributed by atoms with van der Waals surface area (Å²) < 4.78 is 26.8. The van der Waals surface area contributed by atoms with E-state index in [1.807, 2.05) is 0 Å². The Labute approximate surface area is 203 Å². The summed E-state index contributed by atoms with van der Waals surface area (Å²) in [5.41, 5.74) is 8.56. The van der Waals surface area contributed by atoms with Crippen molar-refractivity contribution < 1.29 is 74.7 Å². The Bertz CT molecular complexity index is 755. The smallest absolute Gasteiger partial charge is 0.187 e. The van der Waals surface area contributed by atoms with E-state index in [9.17, 15) is 51.1 Å². The van der Waals surface area contributed by atoms with Crippen molar-refractivity contribution in [3.63, 3.8) is 0 Å². The Morgan fingerprint density at radius 3 is 1.53 bits per heavy atom. The minimum absolute atomic E-state index is 0.749. The largest absolute Gasteiger partial charge is 0.394 e. The maximum Gasteiger partial charge on any atom is 0.187 e. The predicted molar refractivity (Wildman–Crippen MR) is 108 cm³/mol. The third-order valence-electron chi connectivity index (χ3n) is 6.26. The summed E-state index contributed by atoms with van der Waals surface area (Å²) in [4.78, 5) is 2.47. The minimum Gasteiger partial charge on any atom is -0.394 e. The van der Waals surface area contributed by atoms with Gasteiger partial charge in [0, 0.05) is 4.91 Å². The van der Waals surface area contributed by atoms with E-state index >= 15 is 0 Å². The van der Waals surface area contributed by atoms with Crippen LogP contribution in [0.2, 0.25) is 0 Å². The molecular weight excluding hydrogens is 498 g/mol. The average Bonchev–Trinajstić information content (AvgIpc) is 2.87. The van der Waals surface area contributed by atoms with Crippen molar-refractivity contribution in [1.82, 2.24) is 0 Å². The van der Waals surface area contributed by atoms with Crippen molar-refractivity contribution in [1.29, 1.82) is 0 Å². The lowest BCUT2D eigenvalue weighted by Crippen LogP contribution is -2.66. The molecule has 10 N–H and O–H groups in total. The molecule has 0 aliphatic carbocycles. The zero-order valence-corrected chi connectivity index (χ0v) is 18.6. The van der Waals surface area contributed by atoms with Gasteiger partial charge in [-0.25, -0.2) is 0 Å². The van der Waals surface area contributed by atoms with Gasteiger partial charge in [-0.1, -0.05) is 5.11 Å². The fourth-order valence-electron chi connectivity index (χ4n) is 4.20. The lowest BCUT2D eigenvalue weighted by Gasteiger charge is -2.47. The molecule has 0 aromatic carbocycles. The summed E-state index contributed by atoms with van der Waals surface area (Å²) in [6, 6.07) is 0. The van der Waals surface area contributed by atoms with Gasteiger partial charge in [-0.15, -0.1) is 0 Å². The average molecular weight is 529 g/mol. The van der Waals surface area contributed by atoms with Crippen LogP contribution in [-0.4, -0.2) is 163 Å². The second-order valence-corrected chi connectivity index (χ2v) is 8.54. The highest BCUT2D eigenvalue weighted by molar-refractivity contribution is 4.97. The molecule has 0 radical (unpaired) electrons. The van der Waals surface area contributed by atoms with Crippen LogP contribution in [0, 0.1) is 0 Å². The highest BCUT2D eigenvalue weighted by Crippen LogP contribution is 2.32. The first-order chi connectivity index (χ1) is 17.1. The molecule has 15 atom stereocenters. The fourth-order valence-corrected chi connectivity index (χ4v) is 4.20. The summed E-state index contributed by atoms with van der Waals surface area (Å²) >= 11 is 0. The number of aliphatic hydroxyl groups is 10. The first-order valence-corrected chi connectivity index (χ1v) is 11.0. The number of aliphatic hydroxyl groups excluding tert-OH is 10. The molecule has 0 bridgehead atoms. The van der Waals surface area contributed by atoms with Crippen LogP contribution in [0.5, 0.6) is 0 Å². The van der Waals surface area contributed by atoms with Crippen LogP contribution in [0.3, 0.4) is 0 Å². The number of azide groups is 1. The molecule has 0 spiro atoms. The lowest BCUT2D eigenvalue weighted by atomic mass is 9.96. The summed E-state index contributed by atoms with van der Waals surface area (Å²) in [6.07, 6.45) is -25.0. The van der Waals surface area contributed by atoms with E-state index in [4.69, 9.17) is 29.2 Å². The van der Waals surface area contributed by atoms with E-state index in [1.165, 1.54) is 0 Å². The molecule has 15 unspecified atom stereocenters. The third kappa shape index (κ3) is 5.74. The van der Waals surface area contributed by atoms with Crippen LogP contribution in [0.1, 0.15) is 0 Å². The maximum absolute atomic E-state index is 10.7. The highest BCUT2D eigenvalue weighted by Gasteiger charge is 2.53. The monoisotopic (exact) mass is 529 g/mol. The number of hydrogen-bond acceptors (Lipinski definition) is 16. The van der Waals surface area contributed by atoms with Crippen LogP contribution in [0.15, 0.2) is 5.11 Å². The van der Waals surface area contributed by atoms with Gasteiger partial charge >= 0.3 is 0 Å². The van der Waals surface area contributed by atoms with E-state index in [0.29, 0.717) is 0 Å². The van der Waals surface area contributed by atoms with E-state index in [1.54, 1.807) is 0 Å². The van der Waals surface area contributed by atoms with Gasteiger partial charge in [-0.3, -0.25) is 0 Å². The molecule has 0 aromatic heterocycles. The van der Waals surface area contributed by atoms with Crippen LogP contribution in [0.25, 0.3) is 10.4 Å². The van der Waals surface area contributed by atoms with Gasteiger partial charge in [-0.05, 0) is 5.53 Å². The Kier molecular flexibility index (Phi) is 10.2. The molecule has 3 aliphatic rings. The molecule has 0 saturated carbocycles.